The highest BCUT2D eigenvalue weighted by molar-refractivity contribution is 5.81. The smallest absolute Gasteiger partial charge is 0.349 e. The number of rotatable bonds is 4. The highest BCUT2D eigenvalue weighted by Crippen LogP contribution is 2.28. The molecule has 9 heteroatoms. The van der Waals surface area contributed by atoms with Crippen LogP contribution in [-0.4, -0.2) is 33.4 Å². The molecule has 1 unspecified atom stereocenters. The van der Waals surface area contributed by atoms with Gasteiger partial charge in [0.1, 0.15) is 12.0 Å². The zero-order valence-corrected chi connectivity index (χ0v) is 13.2. The third kappa shape index (κ3) is 4.30. The number of pyridine rings is 1. The molecule has 1 saturated heterocycles. The highest BCUT2D eigenvalue weighted by Gasteiger charge is 2.32. The van der Waals surface area contributed by atoms with Gasteiger partial charge in [0.2, 0.25) is 5.91 Å². The van der Waals surface area contributed by atoms with Crippen molar-refractivity contribution >= 4 is 5.91 Å². The quantitative estimate of drug-likeness (QED) is 0.880. The van der Waals surface area contributed by atoms with Gasteiger partial charge in [-0.1, -0.05) is 0 Å². The zero-order chi connectivity index (χ0) is 17.9. The number of hydrogen-bond donors (Lipinski definition) is 2. The fourth-order valence-corrected chi connectivity index (χ4v) is 2.57. The predicted octanol–water partition coefficient (Wildman–Crippen LogP) is 1.93. The zero-order valence-electron chi connectivity index (χ0n) is 13.2. The van der Waals surface area contributed by atoms with Crippen molar-refractivity contribution in [3.63, 3.8) is 0 Å². The average molecular weight is 351 g/mol. The second-order valence-corrected chi connectivity index (χ2v) is 5.69. The lowest BCUT2D eigenvalue weighted by Gasteiger charge is -2.11. The van der Waals surface area contributed by atoms with Crippen LogP contribution in [0.15, 0.2) is 30.7 Å². The Labute approximate surface area is 141 Å². The summed E-state index contributed by atoms with van der Waals surface area (Å²) in [5.41, 5.74) is 0.498. The van der Waals surface area contributed by atoms with Gasteiger partial charge < -0.3 is 10.6 Å². The number of carbonyl (C=O) groups excluding carboxylic acids is 1. The Morgan fingerprint density at radius 1 is 1.28 bits per heavy atom. The lowest BCUT2D eigenvalue weighted by atomic mass is 10.1. The van der Waals surface area contributed by atoms with Gasteiger partial charge in [0.25, 0.3) is 0 Å². The van der Waals surface area contributed by atoms with Crippen LogP contribution in [0.25, 0.3) is 11.3 Å². The SMILES string of the molecule is O=C(NCc1cc(-c2ccc(C(F)(F)F)nc2)ncn1)C1CCCN1. The molecule has 0 spiro atoms. The van der Waals surface area contributed by atoms with Crippen molar-refractivity contribution in [1.82, 2.24) is 25.6 Å². The molecule has 6 nitrogen and oxygen atoms in total. The number of aromatic nitrogens is 3. The van der Waals surface area contributed by atoms with E-state index in [1.165, 1.54) is 12.4 Å². The Bertz CT molecular complexity index is 742. The van der Waals surface area contributed by atoms with Crippen molar-refractivity contribution in [3.8, 4) is 11.3 Å². The monoisotopic (exact) mass is 351 g/mol. The molecule has 2 aromatic rings. The molecule has 3 rings (SSSR count). The van der Waals surface area contributed by atoms with E-state index < -0.39 is 11.9 Å². The minimum atomic E-state index is -4.48. The summed E-state index contributed by atoms with van der Waals surface area (Å²) >= 11 is 0. The molecule has 1 aliphatic heterocycles. The first kappa shape index (κ1) is 17.3. The van der Waals surface area contributed by atoms with Gasteiger partial charge in [0.15, 0.2) is 0 Å². The van der Waals surface area contributed by atoms with Gasteiger partial charge in [0, 0.05) is 11.8 Å². The van der Waals surface area contributed by atoms with Crippen LogP contribution in [0.1, 0.15) is 24.2 Å². The molecule has 0 radical (unpaired) electrons. The first-order valence-electron chi connectivity index (χ1n) is 7.79. The maximum Gasteiger partial charge on any atom is 0.433 e. The topological polar surface area (TPSA) is 79.8 Å². The number of alkyl halides is 3. The van der Waals surface area contributed by atoms with Crippen molar-refractivity contribution in [2.75, 3.05) is 6.54 Å². The van der Waals surface area contributed by atoms with E-state index in [4.69, 9.17) is 0 Å². The Kier molecular flexibility index (Phi) is 4.93. The van der Waals surface area contributed by atoms with Crippen molar-refractivity contribution in [3.05, 3.63) is 42.1 Å². The van der Waals surface area contributed by atoms with E-state index in [0.29, 0.717) is 17.0 Å². The minimum absolute atomic E-state index is 0.0890. The van der Waals surface area contributed by atoms with Crippen LogP contribution in [0, 0.1) is 0 Å². The van der Waals surface area contributed by atoms with Crippen LogP contribution in [-0.2, 0) is 17.5 Å². The van der Waals surface area contributed by atoms with Crippen LogP contribution in [0.3, 0.4) is 0 Å². The Balaban J connectivity index is 1.67. The van der Waals surface area contributed by atoms with Crippen LogP contribution < -0.4 is 10.6 Å². The molecule has 1 aliphatic rings. The molecule has 1 amide bonds. The number of nitrogens with zero attached hydrogens (tertiary/aromatic N) is 3. The Hall–Kier alpha value is -2.55. The summed E-state index contributed by atoms with van der Waals surface area (Å²) in [6, 6.07) is 3.65. The fourth-order valence-electron chi connectivity index (χ4n) is 2.57. The second-order valence-electron chi connectivity index (χ2n) is 5.69. The summed E-state index contributed by atoms with van der Waals surface area (Å²) in [4.78, 5) is 23.5. The maximum atomic E-state index is 12.6. The van der Waals surface area contributed by atoms with Crippen molar-refractivity contribution in [2.24, 2.45) is 0 Å². The average Bonchev–Trinajstić information content (AvgIpc) is 3.14. The molecule has 1 atom stereocenters. The number of nitrogens with one attached hydrogen (secondary N) is 2. The van der Waals surface area contributed by atoms with Gasteiger partial charge in [-0.3, -0.25) is 9.78 Å². The molecular formula is C16H16F3N5O. The Morgan fingerprint density at radius 3 is 2.76 bits per heavy atom. The van der Waals surface area contributed by atoms with Gasteiger partial charge in [-0.25, -0.2) is 9.97 Å². The molecule has 25 heavy (non-hydrogen) atoms. The normalized spacial score (nSPS) is 17.5. The van der Waals surface area contributed by atoms with Crippen molar-refractivity contribution in [2.45, 2.75) is 31.6 Å². The van der Waals surface area contributed by atoms with Crippen LogP contribution in [0.4, 0.5) is 13.2 Å². The summed E-state index contributed by atoms with van der Waals surface area (Å²) in [6.45, 7) is 1.05. The largest absolute Gasteiger partial charge is 0.433 e. The molecule has 2 aromatic heterocycles. The lowest BCUT2D eigenvalue weighted by molar-refractivity contribution is -0.141. The van der Waals surface area contributed by atoms with Crippen molar-refractivity contribution in [1.29, 1.82) is 0 Å². The molecular weight excluding hydrogens is 335 g/mol. The van der Waals surface area contributed by atoms with E-state index >= 15 is 0 Å². The summed E-state index contributed by atoms with van der Waals surface area (Å²) in [5, 5.41) is 5.89. The van der Waals surface area contributed by atoms with Crippen LogP contribution in [0.2, 0.25) is 0 Å². The molecule has 0 aliphatic carbocycles. The van der Waals surface area contributed by atoms with E-state index in [0.717, 1.165) is 31.6 Å². The van der Waals surface area contributed by atoms with E-state index in [1.54, 1.807) is 6.07 Å². The molecule has 0 bridgehead atoms. The third-order valence-electron chi connectivity index (χ3n) is 3.89. The second kappa shape index (κ2) is 7.14. The number of carbonyl (C=O) groups is 1. The van der Waals surface area contributed by atoms with E-state index in [-0.39, 0.29) is 18.5 Å². The molecule has 0 aromatic carbocycles. The number of hydrogen-bond acceptors (Lipinski definition) is 5. The van der Waals surface area contributed by atoms with Gasteiger partial charge in [-0.05, 0) is 37.6 Å². The van der Waals surface area contributed by atoms with E-state index in [1.807, 2.05) is 0 Å². The molecule has 2 N–H and O–H groups in total. The maximum absolute atomic E-state index is 12.6. The first-order valence-corrected chi connectivity index (χ1v) is 7.79. The molecule has 3 heterocycles. The van der Waals surface area contributed by atoms with Gasteiger partial charge in [0.05, 0.1) is 24.0 Å². The lowest BCUT2D eigenvalue weighted by Crippen LogP contribution is -2.40. The summed E-state index contributed by atoms with van der Waals surface area (Å²) < 4.78 is 37.7. The Morgan fingerprint density at radius 2 is 2.12 bits per heavy atom. The summed E-state index contributed by atoms with van der Waals surface area (Å²) in [6.07, 6.45) is -0.277. The fraction of sp³-hybridized carbons (Fsp3) is 0.375. The van der Waals surface area contributed by atoms with Crippen molar-refractivity contribution < 1.29 is 18.0 Å². The standard InChI is InChI=1S/C16H16F3N5O/c17-16(18,19)14-4-3-10(7-21-14)13-6-11(23-9-24-13)8-22-15(25)12-2-1-5-20-12/h3-4,6-7,9,12,20H,1-2,5,8H2,(H,22,25). The number of halogens is 3. The van der Waals surface area contributed by atoms with Gasteiger partial charge in [-0.15, -0.1) is 0 Å². The van der Waals surface area contributed by atoms with E-state index in [2.05, 4.69) is 25.6 Å². The van der Waals surface area contributed by atoms with Gasteiger partial charge >= 0.3 is 6.18 Å². The van der Waals surface area contributed by atoms with E-state index in [9.17, 15) is 18.0 Å². The number of amides is 1. The van der Waals surface area contributed by atoms with Crippen LogP contribution >= 0.6 is 0 Å². The minimum Gasteiger partial charge on any atom is -0.349 e. The predicted molar refractivity (Wildman–Crippen MR) is 83.1 cm³/mol. The van der Waals surface area contributed by atoms with Gasteiger partial charge in [-0.2, -0.15) is 13.2 Å². The highest BCUT2D eigenvalue weighted by atomic mass is 19.4. The molecule has 0 saturated carbocycles. The summed E-state index contributed by atoms with van der Waals surface area (Å²) in [5.74, 6) is -0.0890. The third-order valence-corrected chi connectivity index (χ3v) is 3.89. The first-order chi connectivity index (χ1) is 11.9. The van der Waals surface area contributed by atoms with Crippen LogP contribution in [0.5, 0.6) is 0 Å². The summed E-state index contributed by atoms with van der Waals surface area (Å²) in [7, 11) is 0. The molecule has 1 fully saturated rings. The molecule has 132 valence electrons.